The summed E-state index contributed by atoms with van der Waals surface area (Å²) < 4.78 is 4.74. The Morgan fingerprint density at radius 1 is 1.56 bits per heavy atom. The van der Waals surface area contributed by atoms with Gasteiger partial charge in [-0.15, -0.1) is 0 Å². The van der Waals surface area contributed by atoms with Crippen molar-refractivity contribution >= 4 is 5.97 Å². The zero-order chi connectivity index (χ0) is 13.0. The second-order valence-corrected chi connectivity index (χ2v) is 4.72. The van der Waals surface area contributed by atoms with Crippen LogP contribution in [0.25, 0.3) is 0 Å². The Bertz CT molecular complexity index is 420. The lowest BCUT2D eigenvalue weighted by molar-refractivity contribution is 0.0600. The molecule has 0 spiro atoms. The van der Waals surface area contributed by atoms with Crippen LogP contribution in [-0.4, -0.2) is 43.7 Å². The Kier molecular flexibility index (Phi) is 4.33. The smallest absolute Gasteiger partial charge is 0.337 e. The third-order valence-electron chi connectivity index (χ3n) is 3.37. The van der Waals surface area contributed by atoms with Crippen LogP contribution in [-0.2, 0) is 11.3 Å². The van der Waals surface area contributed by atoms with Crippen molar-refractivity contribution in [2.24, 2.45) is 0 Å². The van der Waals surface area contributed by atoms with Gasteiger partial charge in [-0.25, -0.2) is 4.79 Å². The van der Waals surface area contributed by atoms with E-state index < -0.39 is 0 Å². The van der Waals surface area contributed by atoms with Crippen molar-refractivity contribution in [1.82, 2.24) is 10.2 Å². The van der Waals surface area contributed by atoms with Gasteiger partial charge in [-0.05, 0) is 24.6 Å². The molecule has 0 unspecified atom stereocenters. The van der Waals surface area contributed by atoms with Crippen molar-refractivity contribution in [1.29, 1.82) is 0 Å². The first-order valence-corrected chi connectivity index (χ1v) is 6.32. The predicted molar refractivity (Wildman–Crippen MR) is 70.5 cm³/mol. The van der Waals surface area contributed by atoms with Crippen molar-refractivity contribution in [2.75, 3.05) is 26.7 Å². The summed E-state index contributed by atoms with van der Waals surface area (Å²) >= 11 is 0. The summed E-state index contributed by atoms with van der Waals surface area (Å²) in [5, 5.41) is 3.37. The molecule has 1 saturated heterocycles. The summed E-state index contributed by atoms with van der Waals surface area (Å²) in [7, 11) is 1.41. The van der Waals surface area contributed by atoms with Crippen LogP contribution in [0.2, 0.25) is 0 Å². The highest BCUT2D eigenvalue weighted by Gasteiger charge is 2.18. The van der Waals surface area contributed by atoms with Crippen molar-refractivity contribution in [2.45, 2.75) is 19.5 Å². The first kappa shape index (κ1) is 13.1. The Balaban J connectivity index is 2.06. The molecule has 4 nitrogen and oxygen atoms in total. The second kappa shape index (κ2) is 5.98. The Hall–Kier alpha value is -1.39. The van der Waals surface area contributed by atoms with Crippen molar-refractivity contribution in [3.63, 3.8) is 0 Å². The molecule has 4 heteroatoms. The molecule has 1 aromatic rings. The summed E-state index contributed by atoms with van der Waals surface area (Å²) in [5.41, 5.74) is 1.78. The fourth-order valence-corrected chi connectivity index (χ4v) is 2.27. The number of piperazine rings is 1. The Labute approximate surface area is 108 Å². The van der Waals surface area contributed by atoms with E-state index in [1.807, 2.05) is 12.1 Å². The molecule has 1 N–H and O–H groups in total. The summed E-state index contributed by atoms with van der Waals surface area (Å²) in [6.45, 7) is 6.20. The van der Waals surface area contributed by atoms with E-state index in [1.165, 1.54) is 7.11 Å². The molecule has 0 amide bonds. The molecule has 0 aliphatic carbocycles. The van der Waals surface area contributed by atoms with Gasteiger partial charge in [0.1, 0.15) is 0 Å². The van der Waals surface area contributed by atoms with Crippen LogP contribution in [0.5, 0.6) is 0 Å². The van der Waals surface area contributed by atoms with Gasteiger partial charge in [-0.3, -0.25) is 4.90 Å². The van der Waals surface area contributed by atoms with Crippen LogP contribution < -0.4 is 5.32 Å². The fourth-order valence-electron chi connectivity index (χ4n) is 2.27. The van der Waals surface area contributed by atoms with E-state index in [1.54, 1.807) is 6.07 Å². The number of methoxy groups -OCH3 is 1. The van der Waals surface area contributed by atoms with E-state index in [0.29, 0.717) is 11.6 Å². The average Bonchev–Trinajstić information content (AvgIpc) is 2.41. The number of rotatable bonds is 3. The quantitative estimate of drug-likeness (QED) is 0.818. The lowest BCUT2D eigenvalue weighted by Crippen LogP contribution is -2.49. The molecule has 18 heavy (non-hydrogen) atoms. The Morgan fingerprint density at radius 2 is 2.39 bits per heavy atom. The molecule has 98 valence electrons. The zero-order valence-electron chi connectivity index (χ0n) is 11.0. The average molecular weight is 248 g/mol. The van der Waals surface area contributed by atoms with E-state index in [0.717, 1.165) is 31.7 Å². The number of nitrogens with zero attached hydrogens (tertiary/aromatic N) is 1. The Morgan fingerprint density at radius 3 is 3.11 bits per heavy atom. The molecular formula is C14H20N2O2. The van der Waals surface area contributed by atoms with E-state index in [2.05, 4.69) is 23.2 Å². The van der Waals surface area contributed by atoms with Crippen LogP contribution >= 0.6 is 0 Å². The molecule has 1 atom stereocenters. The number of esters is 1. The second-order valence-electron chi connectivity index (χ2n) is 4.72. The van der Waals surface area contributed by atoms with Gasteiger partial charge in [0.2, 0.25) is 0 Å². The summed E-state index contributed by atoms with van der Waals surface area (Å²) in [5.74, 6) is -0.273. The molecule has 2 rings (SSSR count). The topological polar surface area (TPSA) is 41.6 Å². The molecule has 1 aliphatic rings. The zero-order valence-corrected chi connectivity index (χ0v) is 11.0. The number of nitrogens with one attached hydrogen (secondary N) is 1. The van der Waals surface area contributed by atoms with E-state index in [9.17, 15) is 4.79 Å². The lowest BCUT2D eigenvalue weighted by atomic mass is 10.1. The summed E-state index contributed by atoms with van der Waals surface area (Å²) in [4.78, 5) is 13.9. The maximum absolute atomic E-state index is 11.5. The first-order valence-electron chi connectivity index (χ1n) is 6.32. The minimum Gasteiger partial charge on any atom is -0.465 e. The van der Waals surface area contributed by atoms with Crippen molar-refractivity contribution in [3.8, 4) is 0 Å². The highest BCUT2D eigenvalue weighted by molar-refractivity contribution is 5.89. The molecule has 0 aromatic heterocycles. The normalized spacial score (nSPS) is 20.7. The minimum absolute atomic E-state index is 0.273. The number of carbonyl (C=O) groups excluding carboxylic acids is 1. The number of hydrogen-bond donors (Lipinski definition) is 1. The number of carbonyl (C=O) groups is 1. The monoisotopic (exact) mass is 248 g/mol. The number of benzene rings is 1. The largest absolute Gasteiger partial charge is 0.465 e. The third-order valence-corrected chi connectivity index (χ3v) is 3.37. The summed E-state index contributed by atoms with van der Waals surface area (Å²) in [6, 6.07) is 8.20. The van der Waals surface area contributed by atoms with Crippen LogP contribution in [0.15, 0.2) is 24.3 Å². The number of hydrogen-bond acceptors (Lipinski definition) is 4. The van der Waals surface area contributed by atoms with E-state index in [4.69, 9.17) is 4.74 Å². The molecule has 0 radical (unpaired) electrons. The minimum atomic E-state index is -0.273. The van der Waals surface area contributed by atoms with Gasteiger partial charge in [0, 0.05) is 32.2 Å². The fraction of sp³-hybridized carbons (Fsp3) is 0.500. The maximum Gasteiger partial charge on any atom is 0.337 e. The third kappa shape index (κ3) is 3.09. The van der Waals surface area contributed by atoms with E-state index >= 15 is 0 Å². The van der Waals surface area contributed by atoms with Crippen LogP contribution in [0.3, 0.4) is 0 Å². The van der Waals surface area contributed by atoms with Gasteiger partial charge in [0.15, 0.2) is 0 Å². The molecule has 0 bridgehead atoms. The van der Waals surface area contributed by atoms with Crippen LogP contribution in [0.1, 0.15) is 22.8 Å². The van der Waals surface area contributed by atoms with Gasteiger partial charge in [0.05, 0.1) is 12.7 Å². The molecular weight excluding hydrogens is 228 g/mol. The van der Waals surface area contributed by atoms with Gasteiger partial charge in [-0.1, -0.05) is 12.1 Å². The highest BCUT2D eigenvalue weighted by Crippen LogP contribution is 2.12. The predicted octanol–water partition coefficient (Wildman–Crippen LogP) is 1.27. The molecule has 1 aliphatic heterocycles. The molecule has 1 heterocycles. The van der Waals surface area contributed by atoms with Gasteiger partial charge in [0.25, 0.3) is 0 Å². The van der Waals surface area contributed by atoms with Crippen molar-refractivity contribution < 1.29 is 9.53 Å². The molecule has 1 aromatic carbocycles. The molecule has 0 saturated carbocycles. The van der Waals surface area contributed by atoms with E-state index in [-0.39, 0.29) is 5.97 Å². The highest BCUT2D eigenvalue weighted by atomic mass is 16.5. The van der Waals surface area contributed by atoms with Gasteiger partial charge >= 0.3 is 5.97 Å². The van der Waals surface area contributed by atoms with Gasteiger partial charge in [-0.2, -0.15) is 0 Å². The standard InChI is InChI=1S/C14H20N2O2/c1-11-9-15-6-7-16(11)10-12-4-3-5-13(8-12)14(17)18-2/h3-5,8,11,15H,6-7,9-10H2,1-2H3/t11-/m1/s1. The first-order chi connectivity index (χ1) is 8.70. The summed E-state index contributed by atoms with van der Waals surface area (Å²) in [6.07, 6.45) is 0. The SMILES string of the molecule is COC(=O)c1cccc(CN2CCNC[C@H]2C)c1. The van der Waals surface area contributed by atoms with Crippen LogP contribution in [0, 0.1) is 0 Å². The number of ether oxygens (including phenoxy) is 1. The maximum atomic E-state index is 11.5. The lowest BCUT2D eigenvalue weighted by Gasteiger charge is -2.33. The van der Waals surface area contributed by atoms with Crippen molar-refractivity contribution in [3.05, 3.63) is 35.4 Å². The van der Waals surface area contributed by atoms with Gasteiger partial charge < -0.3 is 10.1 Å². The molecule has 1 fully saturated rings. The van der Waals surface area contributed by atoms with Crippen LogP contribution in [0.4, 0.5) is 0 Å².